The normalized spacial score (nSPS) is 12.1. The second-order valence-electron chi connectivity index (χ2n) is 6.86. The maximum atomic E-state index is 12.5. The number of anilines is 1. The van der Waals surface area contributed by atoms with Crippen molar-refractivity contribution in [1.29, 1.82) is 0 Å². The number of amides is 1. The highest BCUT2D eigenvalue weighted by Gasteiger charge is 2.19. The fourth-order valence-corrected chi connectivity index (χ4v) is 3.67. The molecular weight excluding hydrogens is 412 g/mol. The van der Waals surface area contributed by atoms with Crippen LogP contribution >= 0.6 is 11.8 Å². The van der Waals surface area contributed by atoms with Crippen LogP contribution in [0.2, 0.25) is 0 Å². The lowest BCUT2D eigenvalue weighted by atomic mass is 10.3. The molecule has 3 rings (SSSR count). The van der Waals surface area contributed by atoms with Gasteiger partial charge in [0.2, 0.25) is 0 Å². The van der Waals surface area contributed by atoms with Gasteiger partial charge in [-0.3, -0.25) is 9.48 Å². The van der Waals surface area contributed by atoms with Crippen LogP contribution in [0.15, 0.2) is 59.4 Å². The quantitative estimate of drug-likeness (QED) is 0.218. The van der Waals surface area contributed by atoms with E-state index < -0.39 is 5.25 Å². The maximum Gasteiger partial charge on any atom is 0.253 e. The van der Waals surface area contributed by atoms with E-state index in [1.54, 1.807) is 23.9 Å². The zero-order chi connectivity index (χ0) is 22.2. The number of hydrogen-bond donors (Lipinski definition) is 2. The van der Waals surface area contributed by atoms with Crippen molar-refractivity contribution in [2.45, 2.75) is 37.3 Å². The van der Waals surface area contributed by atoms with Crippen LogP contribution in [0.25, 0.3) is 0 Å². The van der Waals surface area contributed by atoms with Crippen molar-refractivity contribution in [2.24, 2.45) is 12.1 Å². The minimum absolute atomic E-state index is 0.222. The number of nitrogens with one attached hydrogen (secondary N) is 2. The van der Waals surface area contributed by atoms with E-state index in [-0.39, 0.29) is 5.91 Å². The third kappa shape index (κ3) is 6.05. The lowest BCUT2D eigenvalue weighted by Crippen LogP contribution is -2.27. The number of allylic oxidation sites excluding steroid dienone is 1. The number of carbonyl (C=O) groups is 1. The molecule has 0 radical (unpaired) electrons. The molecule has 9 nitrogen and oxygen atoms in total. The molecule has 0 bridgehead atoms. The van der Waals surface area contributed by atoms with E-state index in [1.165, 1.54) is 11.8 Å². The van der Waals surface area contributed by atoms with Gasteiger partial charge in [0.05, 0.1) is 23.7 Å². The van der Waals surface area contributed by atoms with Crippen LogP contribution in [0, 0.1) is 6.92 Å². The molecule has 10 heteroatoms. The summed E-state index contributed by atoms with van der Waals surface area (Å²) >= 11 is 1.33. The molecule has 1 unspecified atom stereocenters. The lowest BCUT2D eigenvalue weighted by Gasteiger charge is -2.12. The molecule has 1 aromatic carbocycles. The van der Waals surface area contributed by atoms with Crippen LogP contribution in [0.4, 0.5) is 5.69 Å². The van der Waals surface area contributed by atoms with E-state index in [2.05, 4.69) is 37.7 Å². The Balaban J connectivity index is 1.61. The predicted molar refractivity (Wildman–Crippen MR) is 123 cm³/mol. The van der Waals surface area contributed by atoms with Crippen molar-refractivity contribution in [2.75, 3.05) is 5.32 Å². The van der Waals surface area contributed by atoms with E-state index in [1.807, 2.05) is 55.1 Å². The standard InChI is InChI=1S/C21H26N8OS/c1-5-11-29-19(13-22-18-9-7-6-8-10-18)24-26-21(29)31-16(3)20(30)25-23-12-17-14-28(4)27-15(17)2/h5-10,12,14,16,22H,1,11,13H2,2-4H3,(H,25,30)/b23-12+. The molecule has 1 atom stereocenters. The van der Waals surface area contributed by atoms with Crippen LogP contribution < -0.4 is 10.7 Å². The number of nitrogens with zero attached hydrogens (tertiary/aromatic N) is 6. The van der Waals surface area contributed by atoms with Gasteiger partial charge in [-0.1, -0.05) is 36.0 Å². The van der Waals surface area contributed by atoms with Crippen molar-refractivity contribution in [3.8, 4) is 0 Å². The van der Waals surface area contributed by atoms with Gasteiger partial charge in [-0.15, -0.1) is 16.8 Å². The second kappa shape index (κ2) is 10.6. The minimum atomic E-state index is -0.408. The van der Waals surface area contributed by atoms with Crippen LogP contribution in [-0.2, 0) is 24.9 Å². The Morgan fingerprint density at radius 2 is 2.10 bits per heavy atom. The summed E-state index contributed by atoms with van der Waals surface area (Å²) in [5, 5.41) is 20.4. The summed E-state index contributed by atoms with van der Waals surface area (Å²) < 4.78 is 3.65. The van der Waals surface area contributed by atoms with Gasteiger partial charge in [-0.2, -0.15) is 10.2 Å². The van der Waals surface area contributed by atoms with E-state index >= 15 is 0 Å². The number of hydrazone groups is 1. The van der Waals surface area contributed by atoms with Crippen molar-refractivity contribution in [3.05, 3.63) is 66.3 Å². The zero-order valence-electron chi connectivity index (χ0n) is 17.8. The summed E-state index contributed by atoms with van der Waals surface area (Å²) in [5.74, 6) is 0.545. The Labute approximate surface area is 185 Å². The van der Waals surface area contributed by atoms with Crippen LogP contribution in [0.5, 0.6) is 0 Å². The molecule has 0 spiro atoms. The molecular formula is C21H26N8OS. The highest BCUT2D eigenvalue weighted by atomic mass is 32.2. The highest BCUT2D eigenvalue weighted by Crippen LogP contribution is 2.23. The molecule has 0 aliphatic rings. The van der Waals surface area contributed by atoms with Crippen molar-refractivity contribution in [1.82, 2.24) is 30.0 Å². The molecule has 0 aliphatic heterocycles. The Morgan fingerprint density at radius 1 is 1.32 bits per heavy atom. The first-order chi connectivity index (χ1) is 15.0. The number of rotatable bonds is 10. The van der Waals surface area contributed by atoms with Gasteiger partial charge in [0.15, 0.2) is 11.0 Å². The Kier molecular flexibility index (Phi) is 7.60. The Morgan fingerprint density at radius 3 is 2.77 bits per heavy atom. The van der Waals surface area contributed by atoms with E-state index in [0.29, 0.717) is 18.2 Å². The van der Waals surface area contributed by atoms with Crippen LogP contribution in [0.1, 0.15) is 24.0 Å². The smallest absolute Gasteiger partial charge is 0.253 e. The van der Waals surface area contributed by atoms with Crippen molar-refractivity contribution < 1.29 is 4.79 Å². The van der Waals surface area contributed by atoms with Crippen LogP contribution in [-0.4, -0.2) is 41.9 Å². The first kappa shape index (κ1) is 22.3. The molecule has 0 fully saturated rings. The number of thioether (sulfide) groups is 1. The fraction of sp³-hybridized carbons (Fsp3) is 0.286. The average molecular weight is 439 g/mol. The maximum absolute atomic E-state index is 12.5. The number of carbonyl (C=O) groups excluding carboxylic acids is 1. The minimum Gasteiger partial charge on any atom is -0.378 e. The predicted octanol–water partition coefficient (Wildman–Crippen LogP) is 2.75. The van der Waals surface area contributed by atoms with Gasteiger partial charge in [0.25, 0.3) is 5.91 Å². The average Bonchev–Trinajstić information content (AvgIpc) is 3.29. The molecule has 2 N–H and O–H groups in total. The van der Waals surface area contributed by atoms with Gasteiger partial charge in [0, 0.05) is 31.0 Å². The van der Waals surface area contributed by atoms with Gasteiger partial charge < -0.3 is 9.88 Å². The monoisotopic (exact) mass is 438 g/mol. The topological polar surface area (TPSA) is 102 Å². The molecule has 0 saturated carbocycles. The molecule has 0 aliphatic carbocycles. The summed E-state index contributed by atoms with van der Waals surface area (Å²) in [5.41, 5.74) is 5.27. The second-order valence-corrected chi connectivity index (χ2v) is 8.16. The molecule has 162 valence electrons. The number of benzene rings is 1. The zero-order valence-corrected chi connectivity index (χ0v) is 18.6. The number of para-hydroxylation sites is 1. The number of hydrogen-bond acceptors (Lipinski definition) is 7. The first-order valence-corrected chi connectivity index (χ1v) is 10.7. The summed E-state index contributed by atoms with van der Waals surface area (Å²) in [4.78, 5) is 12.5. The summed E-state index contributed by atoms with van der Waals surface area (Å²) in [7, 11) is 1.84. The van der Waals surface area contributed by atoms with Gasteiger partial charge in [-0.05, 0) is 26.0 Å². The van der Waals surface area contributed by atoms with E-state index in [0.717, 1.165) is 22.8 Å². The largest absolute Gasteiger partial charge is 0.378 e. The fourth-order valence-electron chi connectivity index (χ4n) is 2.80. The molecule has 2 aromatic heterocycles. The summed E-state index contributed by atoms with van der Waals surface area (Å²) in [6.07, 6.45) is 5.21. The lowest BCUT2D eigenvalue weighted by molar-refractivity contribution is -0.120. The molecule has 2 heterocycles. The van der Waals surface area contributed by atoms with Crippen LogP contribution in [0.3, 0.4) is 0 Å². The van der Waals surface area contributed by atoms with Gasteiger partial charge >= 0.3 is 0 Å². The molecule has 31 heavy (non-hydrogen) atoms. The highest BCUT2D eigenvalue weighted by molar-refractivity contribution is 8.00. The first-order valence-electron chi connectivity index (χ1n) is 9.79. The van der Waals surface area contributed by atoms with Gasteiger partial charge in [-0.25, -0.2) is 5.43 Å². The summed E-state index contributed by atoms with van der Waals surface area (Å²) in [6.45, 7) is 8.57. The molecule has 1 amide bonds. The SMILES string of the molecule is C=CCn1c(CNc2ccccc2)nnc1SC(C)C(=O)N/N=C/c1cn(C)nc1C. The third-order valence-electron chi connectivity index (χ3n) is 4.41. The molecule has 3 aromatic rings. The van der Waals surface area contributed by atoms with E-state index in [9.17, 15) is 4.79 Å². The number of aryl methyl sites for hydroxylation is 2. The number of aromatic nitrogens is 5. The third-order valence-corrected chi connectivity index (χ3v) is 5.49. The summed E-state index contributed by atoms with van der Waals surface area (Å²) in [6, 6.07) is 9.88. The Bertz CT molecular complexity index is 1060. The van der Waals surface area contributed by atoms with Gasteiger partial charge in [0.1, 0.15) is 0 Å². The van der Waals surface area contributed by atoms with E-state index in [4.69, 9.17) is 0 Å². The molecule has 0 saturated heterocycles. The van der Waals surface area contributed by atoms with Crippen molar-refractivity contribution >= 4 is 29.6 Å². The Hall–Kier alpha value is -3.40. The van der Waals surface area contributed by atoms with Crippen molar-refractivity contribution in [3.63, 3.8) is 0 Å².